The van der Waals surface area contributed by atoms with Gasteiger partial charge in [0.15, 0.2) is 0 Å². The molecule has 4 aliphatic heterocycles. The summed E-state index contributed by atoms with van der Waals surface area (Å²) in [5.74, 6) is -0.726. The monoisotopic (exact) mass is 542 g/mol. The van der Waals surface area contributed by atoms with Crippen molar-refractivity contribution in [2.75, 3.05) is 54.8 Å². The van der Waals surface area contributed by atoms with Crippen molar-refractivity contribution in [1.82, 2.24) is 15.1 Å². The molecule has 4 heterocycles. The van der Waals surface area contributed by atoms with Crippen LogP contribution in [0.5, 0.6) is 0 Å². The summed E-state index contributed by atoms with van der Waals surface area (Å²) >= 11 is 0. The second kappa shape index (κ2) is 9.80. The number of hydrogen-bond acceptors (Lipinski definition) is 7. The van der Waals surface area contributed by atoms with Crippen LogP contribution in [-0.4, -0.2) is 78.9 Å². The molecule has 5 aliphatic rings. The van der Waals surface area contributed by atoms with Gasteiger partial charge < -0.3 is 20.4 Å². The highest BCUT2D eigenvalue weighted by molar-refractivity contribution is 6.05. The third kappa shape index (κ3) is 4.50. The molecule has 7 rings (SSSR count). The molecule has 1 unspecified atom stereocenters. The van der Waals surface area contributed by atoms with Crippen LogP contribution in [0.4, 0.5) is 17.1 Å². The van der Waals surface area contributed by atoms with Crippen LogP contribution in [0.15, 0.2) is 42.5 Å². The van der Waals surface area contributed by atoms with Gasteiger partial charge in [0.25, 0.3) is 5.91 Å². The Hall–Kier alpha value is -3.59. The fourth-order valence-electron chi connectivity index (χ4n) is 7.63. The van der Waals surface area contributed by atoms with E-state index in [2.05, 4.69) is 44.3 Å². The Kier molecular flexibility index (Phi) is 6.22. The average molecular weight is 543 g/mol. The molecule has 2 aromatic carbocycles. The molecular formula is C31H38N6O3. The number of piperazine rings is 1. The van der Waals surface area contributed by atoms with Crippen molar-refractivity contribution >= 4 is 34.8 Å². The predicted molar refractivity (Wildman–Crippen MR) is 154 cm³/mol. The lowest BCUT2D eigenvalue weighted by Crippen LogP contribution is -2.60. The summed E-state index contributed by atoms with van der Waals surface area (Å²) < 4.78 is 0. The Balaban J connectivity index is 0.913. The molecule has 4 fully saturated rings. The van der Waals surface area contributed by atoms with Gasteiger partial charge in [-0.25, -0.2) is 0 Å². The molecular weight excluding hydrogens is 504 g/mol. The Morgan fingerprint density at radius 3 is 2.23 bits per heavy atom. The number of carbonyl (C=O) groups excluding carboxylic acids is 3. The van der Waals surface area contributed by atoms with Gasteiger partial charge in [-0.3, -0.25) is 24.6 Å². The number of benzene rings is 2. The minimum absolute atomic E-state index is 0.108. The minimum atomic E-state index is -0.566. The molecule has 0 aromatic heterocycles. The molecule has 1 spiro atoms. The molecule has 2 aromatic rings. The minimum Gasteiger partial charge on any atom is -0.399 e. The number of carbonyl (C=O) groups is 3. The number of hydrogen-bond donors (Lipinski definition) is 2. The normalized spacial score (nSPS) is 25.2. The van der Waals surface area contributed by atoms with E-state index in [1.807, 2.05) is 18.2 Å². The van der Waals surface area contributed by atoms with Gasteiger partial charge in [-0.1, -0.05) is 0 Å². The number of anilines is 3. The SMILES string of the molecule is Nc1ccc(N2CCN(C3CCC4(CC3)CN(c3ccc5c(c3)CN(C3CCC(=O)NC3=O)C5=O)C4)CC2)cc1. The molecule has 0 bridgehead atoms. The van der Waals surface area contributed by atoms with Crippen LogP contribution in [0.3, 0.4) is 0 Å². The van der Waals surface area contributed by atoms with Crippen molar-refractivity contribution in [2.24, 2.45) is 5.41 Å². The zero-order valence-corrected chi connectivity index (χ0v) is 23.0. The Bertz CT molecular complexity index is 1320. The van der Waals surface area contributed by atoms with Crippen molar-refractivity contribution < 1.29 is 14.4 Å². The summed E-state index contributed by atoms with van der Waals surface area (Å²) in [6, 6.07) is 14.5. The molecule has 9 nitrogen and oxygen atoms in total. The number of rotatable bonds is 4. The van der Waals surface area contributed by atoms with Crippen molar-refractivity contribution in [3.05, 3.63) is 53.6 Å². The molecule has 210 valence electrons. The molecule has 1 saturated carbocycles. The average Bonchev–Trinajstić information content (AvgIpc) is 3.27. The van der Waals surface area contributed by atoms with E-state index in [0.29, 0.717) is 30.0 Å². The number of nitrogen functional groups attached to an aromatic ring is 1. The molecule has 3 saturated heterocycles. The van der Waals surface area contributed by atoms with E-state index in [9.17, 15) is 14.4 Å². The lowest BCUT2D eigenvalue weighted by molar-refractivity contribution is -0.136. The van der Waals surface area contributed by atoms with E-state index in [1.54, 1.807) is 4.90 Å². The van der Waals surface area contributed by atoms with E-state index < -0.39 is 6.04 Å². The standard InChI is InChI=1S/C31H38N6O3/c32-22-1-3-23(4-2-22)34-13-15-35(16-14-34)24-9-11-31(12-10-24)19-36(20-31)25-5-6-26-21(17-25)18-37(30(26)40)27-7-8-28(38)33-29(27)39/h1-6,17,24,27H,7-16,18-20,32H2,(H,33,38,39). The highest BCUT2D eigenvalue weighted by Gasteiger charge is 2.46. The van der Waals surface area contributed by atoms with Gasteiger partial charge in [-0.05, 0) is 80.1 Å². The molecule has 0 radical (unpaired) electrons. The van der Waals surface area contributed by atoms with Gasteiger partial charge in [0.05, 0.1) is 0 Å². The Labute approximate surface area is 235 Å². The summed E-state index contributed by atoms with van der Waals surface area (Å²) in [5, 5.41) is 2.38. The number of fused-ring (bicyclic) bond motifs is 1. The first kappa shape index (κ1) is 25.4. The third-order valence-electron chi connectivity index (χ3n) is 10.0. The summed E-state index contributed by atoms with van der Waals surface area (Å²) in [7, 11) is 0. The summed E-state index contributed by atoms with van der Waals surface area (Å²) in [6.45, 7) is 6.97. The van der Waals surface area contributed by atoms with Crippen LogP contribution < -0.4 is 20.9 Å². The number of nitrogens with one attached hydrogen (secondary N) is 1. The lowest BCUT2D eigenvalue weighted by Gasteiger charge is -2.56. The summed E-state index contributed by atoms with van der Waals surface area (Å²) in [6.07, 6.45) is 5.77. The number of imide groups is 1. The highest BCUT2D eigenvalue weighted by Crippen LogP contribution is 2.47. The smallest absolute Gasteiger partial charge is 0.255 e. The van der Waals surface area contributed by atoms with Crippen LogP contribution in [0, 0.1) is 5.41 Å². The van der Waals surface area contributed by atoms with Crippen molar-refractivity contribution in [1.29, 1.82) is 0 Å². The van der Waals surface area contributed by atoms with Crippen LogP contribution in [0.25, 0.3) is 0 Å². The molecule has 9 heteroatoms. The first-order valence-corrected chi connectivity index (χ1v) is 14.7. The van der Waals surface area contributed by atoms with Gasteiger partial charge in [0.2, 0.25) is 11.8 Å². The zero-order valence-electron chi connectivity index (χ0n) is 23.0. The topological polar surface area (TPSA) is 102 Å². The molecule has 1 atom stereocenters. The van der Waals surface area contributed by atoms with Crippen molar-refractivity contribution in [3.63, 3.8) is 0 Å². The second-order valence-electron chi connectivity index (χ2n) is 12.4. The van der Waals surface area contributed by atoms with Gasteiger partial charge in [0.1, 0.15) is 6.04 Å². The number of piperidine rings is 1. The largest absolute Gasteiger partial charge is 0.399 e. The van der Waals surface area contributed by atoms with E-state index in [0.717, 1.165) is 50.5 Å². The fourth-order valence-corrected chi connectivity index (χ4v) is 7.63. The number of nitrogens with zero attached hydrogens (tertiary/aromatic N) is 4. The maximum atomic E-state index is 13.0. The quantitative estimate of drug-likeness (QED) is 0.452. The maximum absolute atomic E-state index is 13.0. The maximum Gasteiger partial charge on any atom is 0.255 e. The van der Waals surface area contributed by atoms with Crippen LogP contribution in [-0.2, 0) is 16.1 Å². The van der Waals surface area contributed by atoms with Crippen molar-refractivity contribution in [2.45, 2.75) is 57.2 Å². The third-order valence-corrected chi connectivity index (χ3v) is 10.0. The summed E-state index contributed by atoms with van der Waals surface area (Å²) in [4.78, 5) is 46.2. The van der Waals surface area contributed by atoms with E-state index >= 15 is 0 Å². The van der Waals surface area contributed by atoms with Gasteiger partial charge in [-0.2, -0.15) is 0 Å². The van der Waals surface area contributed by atoms with Gasteiger partial charge >= 0.3 is 0 Å². The molecule has 3 N–H and O–H groups in total. The van der Waals surface area contributed by atoms with Crippen LogP contribution in [0.1, 0.15) is 54.4 Å². The second-order valence-corrected chi connectivity index (χ2v) is 12.4. The van der Waals surface area contributed by atoms with Crippen molar-refractivity contribution in [3.8, 4) is 0 Å². The molecule has 3 amide bonds. The Morgan fingerprint density at radius 2 is 1.52 bits per heavy atom. The Morgan fingerprint density at radius 1 is 0.825 bits per heavy atom. The van der Waals surface area contributed by atoms with E-state index in [-0.39, 0.29) is 24.1 Å². The highest BCUT2D eigenvalue weighted by atomic mass is 16.2. The molecule has 1 aliphatic carbocycles. The summed E-state index contributed by atoms with van der Waals surface area (Å²) in [5.41, 5.74) is 11.2. The van der Waals surface area contributed by atoms with E-state index in [1.165, 1.54) is 37.1 Å². The van der Waals surface area contributed by atoms with Gasteiger partial charge in [-0.15, -0.1) is 0 Å². The first-order chi connectivity index (χ1) is 19.4. The fraction of sp³-hybridized carbons (Fsp3) is 0.516. The van der Waals surface area contributed by atoms with Crippen LogP contribution in [0.2, 0.25) is 0 Å². The van der Waals surface area contributed by atoms with Gasteiger partial charge in [0, 0.05) is 86.3 Å². The first-order valence-electron chi connectivity index (χ1n) is 14.7. The van der Waals surface area contributed by atoms with Crippen LogP contribution >= 0.6 is 0 Å². The number of nitrogens with two attached hydrogens (primary N) is 1. The number of amides is 3. The van der Waals surface area contributed by atoms with E-state index in [4.69, 9.17) is 5.73 Å². The lowest BCUT2D eigenvalue weighted by atomic mass is 9.67. The predicted octanol–water partition coefficient (Wildman–Crippen LogP) is 2.60. The molecule has 40 heavy (non-hydrogen) atoms. The zero-order chi connectivity index (χ0) is 27.4.